The molecule has 1 aromatic carbocycles. The van der Waals surface area contributed by atoms with Crippen LogP contribution < -0.4 is 0 Å². The average molecular weight is 430 g/mol. The lowest BCUT2D eigenvalue weighted by atomic mass is 10.1. The van der Waals surface area contributed by atoms with Crippen molar-refractivity contribution in [3.63, 3.8) is 0 Å². The van der Waals surface area contributed by atoms with Crippen molar-refractivity contribution < 1.29 is 4.74 Å². The van der Waals surface area contributed by atoms with Gasteiger partial charge in [0.1, 0.15) is 11.7 Å². The van der Waals surface area contributed by atoms with Gasteiger partial charge in [0.05, 0.1) is 35.9 Å². The van der Waals surface area contributed by atoms with E-state index < -0.39 is 0 Å². The predicted molar refractivity (Wildman–Crippen MR) is 120 cm³/mol. The smallest absolute Gasteiger partial charge is 0.137 e. The molecule has 0 unspecified atom stereocenters. The topological polar surface area (TPSA) is 66.5 Å². The Morgan fingerprint density at radius 2 is 1.77 bits per heavy atom. The number of fused-ring (bicyclic) bond motifs is 1. The maximum Gasteiger partial charge on any atom is 0.137 e. The second-order valence-electron chi connectivity index (χ2n) is 7.46. The summed E-state index contributed by atoms with van der Waals surface area (Å²) in [6, 6.07) is 17.5. The lowest BCUT2D eigenvalue weighted by Gasteiger charge is -2.26. The Morgan fingerprint density at radius 1 is 1.00 bits per heavy atom. The molecule has 6 nitrogen and oxygen atoms in total. The molecule has 0 amide bonds. The first-order valence-electron chi connectivity index (χ1n) is 10.2. The molecule has 0 N–H and O–H groups in total. The average Bonchev–Trinajstić information content (AvgIpc) is 3.17. The zero-order valence-electron chi connectivity index (χ0n) is 16.8. The second kappa shape index (κ2) is 8.48. The third kappa shape index (κ3) is 3.91. The summed E-state index contributed by atoms with van der Waals surface area (Å²) < 4.78 is 7.63. The Hall–Kier alpha value is -3.24. The first-order chi connectivity index (χ1) is 15.2. The number of ether oxygens (including phenoxy) is 1. The van der Waals surface area contributed by atoms with Gasteiger partial charge in [-0.05, 0) is 36.4 Å². The van der Waals surface area contributed by atoms with E-state index in [1.54, 1.807) is 18.3 Å². The molecule has 0 aliphatic carbocycles. The van der Waals surface area contributed by atoms with Crippen LogP contribution in [0, 0.1) is 11.3 Å². The minimum absolute atomic E-state index is 0.551. The molecule has 1 aliphatic rings. The van der Waals surface area contributed by atoms with E-state index in [0.717, 1.165) is 61.0 Å². The van der Waals surface area contributed by atoms with Crippen molar-refractivity contribution in [3.05, 3.63) is 77.2 Å². The molecule has 0 saturated carbocycles. The fourth-order valence-electron chi connectivity index (χ4n) is 3.92. The maximum atomic E-state index is 9.50. The van der Waals surface area contributed by atoms with Crippen LogP contribution in [0.5, 0.6) is 0 Å². The number of morpholine rings is 1. The summed E-state index contributed by atoms with van der Waals surface area (Å²) in [6.45, 7) is 3.98. The van der Waals surface area contributed by atoms with Crippen LogP contribution in [0.15, 0.2) is 60.9 Å². The molecule has 0 atom stereocenters. The maximum absolute atomic E-state index is 9.50. The normalized spacial score (nSPS) is 14.6. The fraction of sp³-hybridized carbons (Fsp3) is 0.208. The van der Waals surface area contributed by atoms with E-state index in [4.69, 9.17) is 21.3 Å². The Bertz CT molecular complexity index is 1270. The van der Waals surface area contributed by atoms with Gasteiger partial charge in [0.15, 0.2) is 0 Å². The van der Waals surface area contributed by atoms with Gasteiger partial charge in [-0.2, -0.15) is 5.26 Å². The van der Waals surface area contributed by atoms with Crippen LogP contribution in [0.25, 0.3) is 28.2 Å². The van der Waals surface area contributed by atoms with E-state index in [-0.39, 0.29) is 0 Å². The summed E-state index contributed by atoms with van der Waals surface area (Å²) in [5, 5.41) is 10.2. The van der Waals surface area contributed by atoms with E-state index in [2.05, 4.69) is 20.4 Å². The molecule has 0 spiro atoms. The molecule has 7 heteroatoms. The van der Waals surface area contributed by atoms with Gasteiger partial charge in [0.2, 0.25) is 0 Å². The van der Waals surface area contributed by atoms with E-state index in [1.807, 2.05) is 42.6 Å². The van der Waals surface area contributed by atoms with Gasteiger partial charge in [-0.15, -0.1) is 0 Å². The molecular weight excluding hydrogens is 410 g/mol. The van der Waals surface area contributed by atoms with Crippen LogP contribution >= 0.6 is 11.6 Å². The number of benzene rings is 1. The SMILES string of the molecule is N#Cc1cccnc1-c1ccc2nc(-c3ccc(Cl)cc3)c(CN3CCOCC3)n2c1. The summed E-state index contributed by atoms with van der Waals surface area (Å²) in [5.41, 5.74) is 6.01. The minimum atomic E-state index is 0.551. The third-order valence-electron chi connectivity index (χ3n) is 5.51. The largest absolute Gasteiger partial charge is 0.379 e. The number of aromatic nitrogens is 3. The quantitative estimate of drug-likeness (QED) is 0.480. The molecule has 0 radical (unpaired) electrons. The molecule has 4 heterocycles. The van der Waals surface area contributed by atoms with Gasteiger partial charge in [0.25, 0.3) is 0 Å². The molecule has 4 aromatic rings. The van der Waals surface area contributed by atoms with Crippen LogP contribution in [0.2, 0.25) is 5.02 Å². The van der Waals surface area contributed by atoms with Crippen molar-refractivity contribution in [1.82, 2.24) is 19.3 Å². The monoisotopic (exact) mass is 429 g/mol. The molecule has 31 heavy (non-hydrogen) atoms. The predicted octanol–water partition coefficient (Wildman–Crippen LogP) is 4.42. The van der Waals surface area contributed by atoms with Crippen LogP contribution in [-0.2, 0) is 11.3 Å². The van der Waals surface area contributed by atoms with Gasteiger partial charge in [-0.3, -0.25) is 9.88 Å². The lowest BCUT2D eigenvalue weighted by Crippen LogP contribution is -2.36. The summed E-state index contributed by atoms with van der Waals surface area (Å²) in [4.78, 5) is 11.8. The van der Waals surface area contributed by atoms with E-state index >= 15 is 0 Å². The van der Waals surface area contributed by atoms with Crippen LogP contribution in [0.1, 0.15) is 11.3 Å². The second-order valence-corrected chi connectivity index (χ2v) is 7.90. The molecule has 1 aliphatic heterocycles. The minimum Gasteiger partial charge on any atom is -0.379 e. The molecule has 5 rings (SSSR count). The van der Waals surface area contributed by atoms with Gasteiger partial charge >= 0.3 is 0 Å². The first kappa shape index (κ1) is 19.7. The van der Waals surface area contributed by atoms with Crippen molar-refractivity contribution in [2.45, 2.75) is 6.54 Å². The lowest BCUT2D eigenvalue weighted by molar-refractivity contribution is 0.0336. The number of halogens is 1. The molecule has 1 saturated heterocycles. The molecule has 1 fully saturated rings. The first-order valence-corrected chi connectivity index (χ1v) is 10.5. The number of nitriles is 1. The summed E-state index contributed by atoms with van der Waals surface area (Å²) in [7, 11) is 0. The van der Waals surface area contributed by atoms with E-state index in [0.29, 0.717) is 16.3 Å². The summed E-state index contributed by atoms with van der Waals surface area (Å²) >= 11 is 6.11. The number of pyridine rings is 2. The summed E-state index contributed by atoms with van der Waals surface area (Å²) in [5.74, 6) is 0. The zero-order valence-corrected chi connectivity index (χ0v) is 17.6. The number of hydrogen-bond donors (Lipinski definition) is 0. The Labute approximate surface area is 185 Å². The Kier molecular flexibility index (Phi) is 5.39. The van der Waals surface area contributed by atoms with Gasteiger partial charge in [-0.1, -0.05) is 23.7 Å². The van der Waals surface area contributed by atoms with Crippen molar-refractivity contribution in [3.8, 4) is 28.6 Å². The third-order valence-corrected chi connectivity index (χ3v) is 5.77. The number of nitrogens with zero attached hydrogens (tertiary/aromatic N) is 5. The highest BCUT2D eigenvalue weighted by Crippen LogP contribution is 2.29. The molecular formula is C24H20ClN5O. The molecule has 0 bridgehead atoms. The van der Waals surface area contributed by atoms with E-state index in [9.17, 15) is 5.26 Å². The highest BCUT2D eigenvalue weighted by Gasteiger charge is 2.20. The highest BCUT2D eigenvalue weighted by atomic mass is 35.5. The number of imidazole rings is 1. The van der Waals surface area contributed by atoms with Crippen molar-refractivity contribution >= 4 is 17.2 Å². The van der Waals surface area contributed by atoms with Crippen LogP contribution in [-0.4, -0.2) is 45.6 Å². The van der Waals surface area contributed by atoms with Crippen molar-refractivity contribution in [2.24, 2.45) is 0 Å². The van der Waals surface area contributed by atoms with Crippen LogP contribution in [0.3, 0.4) is 0 Å². The van der Waals surface area contributed by atoms with Crippen molar-refractivity contribution in [1.29, 1.82) is 5.26 Å². The number of hydrogen-bond acceptors (Lipinski definition) is 5. The standard InChI is InChI=1S/C24H20ClN5O/c25-20-6-3-17(4-7-20)24-21(16-29-10-12-31-13-11-29)30-15-19(5-8-22(30)28-24)23-18(14-26)2-1-9-27-23/h1-9,15H,10-13,16H2. The Balaban J connectivity index is 1.66. The van der Waals surface area contributed by atoms with E-state index in [1.165, 1.54) is 0 Å². The summed E-state index contributed by atoms with van der Waals surface area (Å²) in [6.07, 6.45) is 3.74. The zero-order chi connectivity index (χ0) is 21.2. The molecule has 154 valence electrons. The van der Waals surface area contributed by atoms with Gasteiger partial charge < -0.3 is 9.14 Å². The fourth-order valence-corrected chi connectivity index (χ4v) is 4.05. The van der Waals surface area contributed by atoms with Gasteiger partial charge in [0, 0.05) is 48.2 Å². The van der Waals surface area contributed by atoms with Gasteiger partial charge in [-0.25, -0.2) is 4.98 Å². The molecule has 3 aromatic heterocycles. The van der Waals surface area contributed by atoms with Crippen LogP contribution in [0.4, 0.5) is 0 Å². The van der Waals surface area contributed by atoms with Crippen molar-refractivity contribution in [2.75, 3.05) is 26.3 Å². The highest BCUT2D eigenvalue weighted by molar-refractivity contribution is 6.30. The number of rotatable bonds is 4. The Morgan fingerprint density at radius 3 is 2.55 bits per heavy atom.